The lowest BCUT2D eigenvalue weighted by atomic mass is 10.1. The minimum absolute atomic E-state index is 0.224. The van der Waals surface area contributed by atoms with E-state index in [1.165, 1.54) is 0 Å². The summed E-state index contributed by atoms with van der Waals surface area (Å²) in [6.07, 6.45) is 0. The Morgan fingerprint density at radius 3 is 2.65 bits per heavy atom. The van der Waals surface area contributed by atoms with Crippen LogP contribution >= 0.6 is 0 Å². The summed E-state index contributed by atoms with van der Waals surface area (Å²) in [6.45, 7) is 3.72. The molecule has 1 aromatic carbocycles. The van der Waals surface area contributed by atoms with Crippen molar-refractivity contribution in [1.29, 1.82) is 0 Å². The Morgan fingerprint density at radius 2 is 2.10 bits per heavy atom. The largest absolute Gasteiger partial charge is 0.497 e. The molecule has 5 nitrogen and oxygen atoms in total. The Bertz CT molecular complexity index is 619. The van der Waals surface area contributed by atoms with Gasteiger partial charge < -0.3 is 20.2 Å². The Hall–Kier alpha value is -2.43. The molecule has 3 N–H and O–H groups in total. The van der Waals surface area contributed by atoms with Crippen molar-refractivity contribution in [3.05, 3.63) is 47.4 Å². The molecule has 0 saturated heterocycles. The molecule has 0 saturated carbocycles. The number of ether oxygens (including phenoxy) is 1. The van der Waals surface area contributed by atoms with Gasteiger partial charge in [0.1, 0.15) is 17.3 Å². The lowest BCUT2D eigenvalue weighted by Crippen LogP contribution is -2.27. The third kappa shape index (κ3) is 2.93. The smallest absolute Gasteiger partial charge is 0.253 e. The second-order valence-corrected chi connectivity index (χ2v) is 4.60. The van der Waals surface area contributed by atoms with E-state index in [2.05, 4.69) is 5.32 Å². The highest BCUT2D eigenvalue weighted by Crippen LogP contribution is 2.21. The van der Waals surface area contributed by atoms with E-state index in [0.29, 0.717) is 22.8 Å². The van der Waals surface area contributed by atoms with Crippen LogP contribution in [-0.4, -0.2) is 13.0 Å². The highest BCUT2D eigenvalue weighted by atomic mass is 16.5. The topological polar surface area (TPSA) is 77.5 Å². The normalized spacial score (nSPS) is 11.9. The number of methoxy groups -OCH3 is 1. The van der Waals surface area contributed by atoms with Gasteiger partial charge in [-0.3, -0.25) is 4.79 Å². The minimum atomic E-state index is -0.244. The standard InChI is InChI=1S/C15H18N2O3/c1-9-4-7-14(20-9)10(2)17-15(18)12-6-5-11(19-3)8-13(12)16/h4-8,10H,16H2,1-3H3,(H,17,18). The van der Waals surface area contributed by atoms with Crippen LogP contribution < -0.4 is 15.8 Å². The lowest BCUT2D eigenvalue weighted by molar-refractivity contribution is 0.0936. The molecular formula is C15H18N2O3. The molecule has 2 aromatic rings. The molecule has 5 heteroatoms. The molecule has 1 unspecified atom stereocenters. The number of carbonyl (C=O) groups excluding carboxylic acids is 1. The first-order valence-electron chi connectivity index (χ1n) is 6.32. The molecule has 0 aliphatic carbocycles. The van der Waals surface area contributed by atoms with Gasteiger partial charge in [-0.1, -0.05) is 0 Å². The summed E-state index contributed by atoms with van der Waals surface area (Å²) >= 11 is 0. The van der Waals surface area contributed by atoms with Gasteiger partial charge >= 0.3 is 0 Å². The molecule has 1 atom stereocenters. The maximum atomic E-state index is 12.2. The number of nitrogen functional groups attached to an aromatic ring is 1. The lowest BCUT2D eigenvalue weighted by Gasteiger charge is -2.13. The SMILES string of the molecule is COc1ccc(C(=O)NC(C)c2ccc(C)o2)c(N)c1. The van der Waals surface area contributed by atoms with Gasteiger partial charge in [0.15, 0.2) is 0 Å². The van der Waals surface area contributed by atoms with Crippen molar-refractivity contribution >= 4 is 11.6 Å². The number of anilines is 1. The average molecular weight is 274 g/mol. The number of amides is 1. The van der Waals surface area contributed by atoms with Crippen molar-refractivity contribution in [3.63, 3.8) is 0 Å². The van der Waals surface area contributed by atoms with Crippen molar-refractivity contribution in [1.82, 2.24) is 5.32 Å². The van der Waals surface area contributed by atoms with E-state index in [0.717, 1.165) is 5.76 Å². The van der Waals surface area contributed by atoms with Crippen LogP contribution in [0.1, 0.15) is 34.8 Å². The molecule has 0 radical (unpaired) electrons. The molecule has 2 rings (SSSR count). The van der Waals surface area contributed by atoms with Gasteiger partial charge in [-0.05, 0) is 38.1 Å². The van der Waals surface area contributed by atoms with E-state index in [1.54, 1.807) is 25.3 Å². The Kier molecular flexibility index (Phi) is 3.98. The molecule has 0 spiro atoms. The van der Waals surface area contributed by atoms with E-state index in [9.17, 15) is 4.79 Å². The van der Waals surface area contributed by atoms with Crippen molar-refractivity contribution in [2.24, 2.45) is 0 Å². The molecule has 0 aliphatic rings. The molecule has 20 heavy (non-hydrogen) atoms. The van der Waals surface area contributed by atoms with E-state index in [-0.39, 0.29) is 11.9 Å². The zero-order valence-electron chi connectivity index (χ0n) is 11.8. The number of carbonyl (C=O) groups is 1. The first-order valence-corrected chi connectivity index (χ1v) is 6.32. The van der Waals surface area contributed by atoms with Crippen LogP contribution in [0, 0.1) is 6.92 Å². The molecule has 0 aliphatic heterocycles. The molecule has 1 aromatic heterocycles. The van der Waals surface area contributed by atoms with Crippen LogP contribution in [0.25, 0.3) is 0 Å². The summed E-state index contributed by atoms with van der Waals surface area (Å²) in [6, 6.07) is 8.45. The first-order chi connectivity index (χ1) is 9.51. The van der Waals surface area contributed by atoms with Gasteiger partial charge in [-0.2, -0.15) is 0 Å². The van der Waals surface area contributed by atoms with Gasteiger partial charge in [-0.15, -0.1) is 0 Å². The van der Waals surface area contributed by atoms with Gasteiger partial charge in [0.2, 0.25) is 0 Å². The molecule has 1 amide bonds. The maximum absolute atomic E-state index is 12.2. The summed E-state index contributed by atoms with van der Waals surface area (Å²) in [5.74, 6) is 1.90. The zero-order valence-corrected chi connectivity index (χ0v) is 11.8. The number of hydrogen-bond acceptors (Lipinski definition) is 4. The van der Waals surface area contributed by atoms with E-state index >= 15 is 0 Å². The van der Waals surface area contributed by atoms with Crippen molar-refractivity contribution in [2.45, 2.75) is 19.9 Å². The maximum Gasteiger partial charge on any atom is 0.253 e. The third-order valence-electron chi connectivity index (χ3n) is 3.04. The Balaban J connectivity index is 2.12. The zero-order chi connectivity index (χ0) is 14.7. The second kappa shape index (κ2) is 5.69. The number of nitrogens with one attached hydrogen (secondary N) is 1. The van der Waals surface area contributed by atoms with Crippen LogP contribution in [-0.2, 0) is 0 Å². The van der Waals surface area contributed by atoms with E-state index < -0.39 is 0 Å². The number of hydrogen-bond donors (Lipinski definition) is 2. The number of nitrogens with two attached hydrogens (primary N) is 1. The number of benzene rings is 1. The minimum Gasteiger partial charge on any atom is -0.497 e. The van der Waals surface area contributed by atoms with E-state index in [4.69, 9.17) is 14.9 Å². The van der Waals surface area contributed by atoms with Crippen LogP contribution in [0.2, 0.25) is 0 Å². The van der Waals surface area contributed by atoms with Crippen LogP contribution in [0.5, 0.6) is 5.75 Å². The molecule has 106 valence electrons. The Morgan fingerprint density at radius 1 is 1.35 bits per heavy atom. The fourth-order valence-electron chi connectivity index (χ4n) is 1.91. The highest BCUT2D eigenvalue weighted by Gasteiger charge is 2.16. The summed E-state index contributed by atoms with van der Waals surface area (Å²) in [5, 5.41) is 2.85. The predicted octanol–water partition coefficient (Wildman–Crippen LogP) is 2.67. The fraction of sp³-hybridized carbons (Fsp3) is 0.267. The quantitative estimate of drug-likeness (QED) is 0.840. The van der Waals surface area contributed by atoms with E-state index in [1.807, 2.05) is 26.0 Å². The van der Waals surface area contributed by atoms with Crippen molar-refractivity contribution in [2.75, 3.05) is 12.8 Å². The van der Waals surface area contributed by atoms with Gasteiger partial charge in [0, 0.05) is 11.8 Å². The number of rotatable bonds is 4. The van der Waals surface area contributed by atoms with Crippen LogP contribution in [0.3, 0.4) is 0 Å². The summed E-state index contributed by atoms with van der Waals surface area (Å²) in [5.41, 5.74) is 6.65. The number of aryl methyl sites for hydroxylation is 1. The number of furan rings is 1. The Labute approximate surface area is 117 Å². The summed E-state index contributed by atoms with van der Waals surface area (Å²) in [7, 11) is 1.55. The van der Waals surface area contributed by atoms with Gasteiger partial charge in [0.05, 0.1) is 18.7 Å². The molecule has 1 heterocycles. The third-order valence-corrected chi connectivity index (χ3v) is 3.04. The second-order valence-electron chi connectivity index (χ2n) is 4.60. The van der Waals surface area contributed by atoms with Crippen molar-refractivity contribution < 1.29 is 13.9 Å². The van der Waals surface area contributed by atoms with Crippen LogP contribution in [0.15, 0.2) is 34.7 Å². The van der Waals surface area contributed by atoms with Crippen LogP contribution in [0.4, 0.5) is 5.69 Å². The van der Waals surface area contributed by atoms with Crippen molar-refractivity contribution in [3.8, 4) is 5.75 Å². The molecule has 0 fully saturated rings. The summed E-state index contributed by atoms with van der Waals surface area (Å²) < 4.78 is 10.5. The average Bonchev–Trinajstić information content (AvgIpc) is 2.85. The molecule has 0 bridgehead atoms. The predicted molar refractivity (Wildman–Crippen MR) is 76.7 cm³/mol. The highest BCUT2D eigenvalue weighted by molar-refractivity contribution is 5.99. The monoisotopic (exact) mass is 274 g/mol. The summed E-state index contributed by atoms with van der Waals surface area (Å²) in [4.78, 5) is 12.2. The molecular weight excluding hydrogens is 256 g/mol. The fourth-order valence-corrected chi connectivity index (χ4v) is 1.91. The first kappa shape index (κ1) is 14.0. The van der Waals surface area contributed by atoms with Gasteiger partial charge in [-0.25, -0.2) is 0 Å². The van der Waals surface area contributed by atoms with Gasteiger partial charge in [0.25, 0.3) is 5.91 Å².